The molecule has 1 saturated carbocycles. The molecule has 0 aromatic carbocycles. The molecule has 2 heterocycles. The molecule has 6 nitrogen and oxygen atoms in total. The Labute approximate surface area is 170 Å². The van der Waals surface area contributed by atoms with E-state index in [1.54, 1.807) is 0 Å². The Hall–Kier alpha value is -0.923. The maximum Gasteiger partial charge on any atom is 0.314 e. The first kappa shape index (κ1) is 23.4. The number of hydrogen-bond acceptors (Lipinski definition) is 6. The summed E-state index contributed by atoms with van der Waals surface area (Å²) in [5.74, 6) is -1.26. The molecule has 2 saturated heterocycles. The van der Waals surface area contributed by atoms with Crippen molar-refractivity contribution in [1.82, 2.24) is 0 Å². The Morgan fingerprint density at radius 2 is 1.75 bits per heavy atom. The number of carbonyl (C=O) groups is 2. The Morgan fingerprint density at radius 1 is 1.18 bits per heavy atom. The van der Waals surface area contributed by atoms with Crippen LogP contribution in [0.4, 0.5) is 0 Å². The lowest BCUT2D eigenvalue weighted by molar-refractivity contribution is -0.233. The lowest BCUT2D eigenvalue weighted by Gasteiger charge is -2.49. The van der Waals surface area contributed by atoms with Gasteiger partial charge in [0.1, 0.15) is 0 Å². The highest BCUT2D eigenvalue weighted by atomic mass is 28.4. The molecule has 0 amide bonds. The highest BCUT2D eigenvalue weighted by Gasteiger charge is 2.60. The molecule has 3 aliphatic rings. The quantitative estimate of drug-likeness (QED) is 0.501. The summed E-state index contributed by atoms with van der Waals surface area (Å²) in [6, 6.07) is 0. The molecule has 2 bridgehead atoms. The van der Waals surface area contributed by atoms with E-state index in [1.165, 1.54) is 6.92 Å². The zero-order valence-electron chi connectivity index (χ0n) is 19.2. The van der Waals surface area contributed by atoms with E-state index in [0.717, 1.165) is 0 Å². The molecule has 0 unspecified atom stereocenters. The molecule has 0 aromatic rings. The van der Waals surface area contributed by atoms with Gasteiger partial charge in [-0.05, 0) is 58.7 Å². The van der Waals surface area contributed by atoms with Gasteiger partial charge >= 0.3 is 11.9 Å². The van der Waals surface area contributed by atoms with Crippen LogP contribution in [0.2, 0.25) is 18.1 Å². The molecule has 0 aromatic heterocycles. The van der Waals surface area contributed by atoms with E-state index in [0.29, 0.717) is 12.8 Å². The maximum absolute atomic E-state index is 12.9. The normalized spacial score (nSPS) is 34.0. The number of rotatable bonds is 4. The van der Waals surface area contributed by atoms with E-state index < -0.39 is 37.5 Å². The molecule has 2 aliphatic heterocycles. The number of carbonyl (C=O) groups excluding carboxylic acids is 2. The van der Waals surface area contributed by atoms with Gasteiger partial charge in [0, 0.05) is 6.92 Å². The van der Waals surface area contributed by atoms with Crippen molar-refractivity contribution in [3.05, 3.63) is 0 Å². The lowest BCUT2D eigenvalue weighted by atomic mass is 9.68. The fourth-order valence-corrected chi connectivity index (χ4v) is 5.14. The summed E-state index contributed by atoms with van der Waals surface area (Å²) in [6.45, 7) is 20.2. The number of ether oxygens (including phenoxy) is 3. The third-order valence-corrected chi connectivity index (χ3v) is 10.9. The van der Waals surface area contributed by atoms with Gasteiger partial charge < -0.3 is 18.6 Å². The van der Waals surface area contributed by atoms with Crippen molar-refractivity contribution < 1.29 is 28.2 Å². The van der Waals surface area contributed by atoms with Crippen LogP contribution in [0.25, 0.3) is 0 Å². The fraction of sp³-hybridized carbons (Fsp3) is 0.905. The average molecular weight is 415 g/mol. The Kier molecular flexibility index (Phi) is 6.17. The van der Waals surface area contributed by atoms with Gasteiger partial charge in [0.2, 0.25) is 0 Å². The molecular weight excluding hydrogens is 376 g/mol. The zero-order valence-corrected chi connectivity index (χ0v) is 20.2. The van der Waals surface area contributed by atoms with Crippen LogP contribution in [0.1, 0.15) is 68.2 Å². The predicted molar refractivity (Wildman–Crippen MR) is 109 cm³/mol. The molecule has 0 spiro atoms. The maximum atomic E-state index is 12.9. The van der Waals surface area contributed by atoms with Gasteiger partial charge in [0.25, 0.3) is 6.29 Å². The minimum atomic E-state index is -2.09. The summed E-state index contributed by atoms with van der Waals surface area (Å²) in [7, 11) is -2.09. The molecular formula is C21H38O6Si. The van der Waals surface area contributed by atoms with E-state index in [1.807, 2.05) is 27.7 Å². The van der Waals surface area contributed by atoms with Gasteiger partial charge in [-0.2, -0.15) is 0 Å². The zero-order chi connectivity index (χ0) is 21.7. The second-order valence-electron chi connectivity index (χ2n) is 11.1. The van der Waals surface area contributed by atoms with Crippen molar-refractivity contribution in [3.63, 3.8) is 0 Å². The molecule has 3 rings (SSSR count). The summed E-state index contributed by atoms with van der Waals surface area (Å²) in [5.41, 5.74) is -1.06. The molecule has 1 aliphatic carbocycles. The van der Waals surface area contributed by atoms with Crippen LogP contribution in [-0.4, -0.2) is 44.4 Å². The minimum Gasteiger partial charge on any atom is -0.425 e. The van der Waals surface area contributed by atoms with Crippen LogP contribution in [0.5, 0.6) is 0 Å². The van der Waals surface area contributed by atoms with Gasteiger partial charge in [0.15, 0.2) is 8.32 Å². The van der Waals surface area contributed by atoms with E-state index >= 15 is 0 Å². The van der Waals surface area contributed by atoms with E-state index in [4.69, 9.17) is 18.6 Å². The SMILES string of the molecule is CC(=O)O[C@@H]1OC(=O)[C@@H]2C[C@H](OC(C)(C)C)[C@@]1(C)C[C@@H]2O[Si](C)(C)C(C)(C)C. The van der Waals surface area contributed by atoms with Crippen molar-refractivity contribution in [2.75, 3.05) is 0 Å². The standard InChI is InChI=1S/C21H38O6Si/c1-13(22)24-18-21(8)12-15(27-28(9,10)20(5,6)7)14(17(23)25-18)11-16(21)26-19(2,3)4/h14-16,18H,11-12H2,1-10H3/t14-,15+,16+,18-,21-/m1/s1. The van der Waals surface area contributed by atoms with Gasteiger partial charge in [-0.3, -0.25) is 9.59 Å². The summed E-state index contributed by atoms with van der Waals surface area (Å²) in [5, 5.41) is 0.0277. The van der Waals surface area contributed by atoms with E-state index in [2.05, 4.69) is 33.9 Å². The van der Waals surface area contributed by atoms with Crippen molar-refractivity contribution in [2.24, 2.45) is 11.3 Å². The van der Waals surface area contributed by atoms with Crippen molar-refractivity contribution in [1.29, 1.82) is 0 Å². The van der Waals surface area contributed by atoms with Crippen molar-refractivity contribution in [2.45, 2.75) is 110 Å². The highest BCUT2D eigenvalue weighted by Crippen LogP contribution is 2.52. The first-order valence-electron chi connectivity index (χ1n) is 10.2. The molecule has 0 N–H and O–H groups in total. The van der Waals surface area contributed by atoms with Gasteiger partial charge in [-0.1, -0.05) is 20.8 Å². The molecule has 7 heteroatoms. The number of hydrogen-bond donors (Lipinski definition) is 0. The molecule has 5 atom stereocenters. The third-order valence-electron chi connectivity index (χ3n) is 6.38. The van der Waals surface area contributed by atoms with Crippen LogP contribution in [-0.2, 0) is 28.2 Å². The monoisotopic (exact) mass is 414 g/mol. The van der Waals surface area contributed by atoms with Crippen LogP contribution >= 0.6 is 0 Å². The lowest BCUT2D eigenvalue weighted by Crippen LogP contribution is -2.56. The largest absolute Gasteiger partial charge is 0.425 e. The van der Waals surface area contributed by atoms with E-state index in [9.17, 15) is 9.59 Å². The van der Waals surface area contributed by atoms with Crippen molar-refractivity contribution in [3.8, 4) is 0 Å². The second-order valence-corrected chi connectivity index (χ2v) is 15.8. The molecule has 0 radical (unpaired) electrons. The molecule has 28 heavy (non-hydrogen) atoms. The van der Waals surface area contributed by atoms with Crippen LogP contribution in [0, 0.1) is 11.3 Å². The highest BCUT2D eigenvalue weighted by molar-refractivity contribution is 6.74. The van der Waals surface area contributed by atoms with Crippen molar-refractivity contribution >= 4 is 20.3 Å². The molecule has 162 valence electrons. The first-order chi connectivity index (χ1) is 12.5. The Bertz CT molecular complexity index is 617. The Balaban J connectivity index is 2.42. The first-order valence-corrected chi connectivity index (χ1v) is 13.1. The topological polar surface area (TPSA) is 71.1 Å². The third kappa shape index (κ3) is 4.79. The summed E-state index contributed by atoms with van der Waals surface area (Å²) < 4.78 is 24.1. The van der Waals surface area contributed by atoms with Gasteiger partial charge in [0.05, 0.1) is 29.1 Å². The Morgan fingerprint density at radius 3 is 2.21 bits per heavy atom. The second kappa shape index (κ2) is 7.40. The molecule has 3 fully saturated rings. The van der Waals surface area contributed by atoms with E-state index in [-0.39, 0.29) is 23.2 Å². The summed E-state index contributed by atoms with van der Waals surface area (Å²) >= 11 is 0. The number of fused-ring (bicyclic) bond motifs is 4. The number of esters is 2. The summed E-state index contributed by atoms with van der Waals surface area (Å²) in [4.78, 5) is 24.6. The average Bonchev–Trinajstić information content (AvgIpc) is 2.59. The fourth-order valence-electron chi connectivity index (χ4n) is 3.78. The predicted octanol–water partition coefficient (Wildman–Crippen LogP) is 4.42. The summed E-state index contributed by atoms with van der Waals surface area (Å²) in [6.07, 6.45) is -0.452. The van der Waals surface area contributed by atoms with Crippen LogP contribution < -0.4 is 0 Å². The van der Waals surface area contributed by atoms with Crippen LogP contribution in [0.3, 0.4) is 0 Å². The van der Waals surface area contributed by atoms with Gasteiger partial charge in [-0.25, -0.2) is 0 Å². The van der Waals surface area contributed by atoms with Crippen LogP contribution in [0.15, 0.2) is 0 Å². The smallest absolute Gasteiger partial charge is 0.314 e. The van der Waals surface area contributed by atoms with Gasteiger partial charge in [-0.15, -0.1) is 0 Å². The minimum absolute atomic E-state index is 0.0277.